The van der Waals surface area contributed by atoms with Gasteiger partial charge in [-0.25, -0.2) is 13.1 Å². The van der Waals surface area contributed by atoms with Crippen molar-refractivity contribution >= 4 is 21.4 Å². The van der Waals surface area contributed by atoms with Crippen molar-refractivity contribution in [1.82, 2.24) is 20.2 Å². The zero-order valence-electron chi connectivity index (χ0n) is 14.8. The second-order valence-corrected chi connectivity index (χ2v) is 8.25. The molecule has 10 nitrogen and oxygen atoms in total. The monoisotopic (exact) mass is 400 g/mol. The topological polar surface area (TPSA) is 133 Å². The zero-order chi connectivity index (χ0) is 19.9. The van der Waals surface area contributed by atoms with E-state index in [1.807, 2.05) is 0 Å². The van der Waals surface area contributed by atoms with Gasteiger partial charge in [0.1, 0.15) is 0 Å². The van der Waals surface area contributed by atoms with Gasteiger partial charge in [-0.15, -0.1) is 5.10 Å². The molecule has 3 aromatic rings. The van der Waals surface area contributed by atoms with Crippen LogP contribution in [0.15, 0.2) is 47.4 Å². The largest absolute Gasteiger partial charge is 0.280 e. The Kier molecular flexibility index (Phi) is 4.30. The second-order valence-electron chi connectivity index (χ2n) is 6.57. The first kappa shape index (κ1) is 18.0. The average Bonchev–Trinajstić information content (AvgIpc) is 3.38. The van der Waals surface area contributed by atoms with E-state index < -0.39 is 14.9 Å². The molecule has 0 aliphatic heterocycles. The number of aromatic nitrogens is 4. The number of anilines is 1. The lowest BCUT2D eigenvalue weighted by molar-refractivity contribution is -0.385. The highest BCUT2D eigenvalue weighted by molar-refractivity contribution is 7.92. The van der Waals surface area contributed by atoms with Crippen LogP contribution >= 0.6 is 0 Å². The Hall–Kier alpha value is -3.34. The van der Waals surface area contributed by atoms with Gasteiger partial charge in [0.25, 0.3) is 15.7 Å². The molecule has 0 saturated heterocycles. The molecule has 11 heteroatoms. The predicted molar refractivity (Wildman–Crippen MR) is 100 cm³/mol. The van der Waals surface area contributed by atoms with Crippen LogP contribution in [0.1, 0.15) is 24.4 Å². The third-order valence-corrected chi connectivity index (χ3v) is 5.83. The molecule has 2 aromatic carbocycles. The molecular formula is C17H16N6O4S. The van der Waals surface area contributed by atoms with Gasteiger partial charge in [0.15, 0.2) is 5.82 Å². The minimum atomic E-state index is -4.00. The van der Waals surface area contributed by atoms with Crippen molar-refractivity contribution in [3.8, 4) is 11.4 Å². The van der Waals surface area contributed by atoms with Crippen molar-refractivity contribution in [2.45, 2.75) is 30.7 Å². The van der Waals surface area contributed by atoms with Gasteiger partial charge in [-0.05, 0) is 48.4 Å². The summed E-state index contributed by atoms with van der Waals surface area (Å²) in [5, 5.41) is 22.8. The third kappa shape index (κ3) is 3.43. The predicted octanol–water partition coefficient (Wildman–Crippen LogP) is 2.69. The van der Waals surface area contributed by atoms with E-state index in [4.69, 9.17) is 0 Å². The molecule has 1 heterocycles. The van der Waals surface area contributed by atoms with Crippen LogP contribution in [0, 0.1) is 17.0 Å². The molecule has 1 N–H and O–H groups in total. The highest BCUT2D eigenvalue weighted by Gasteiger charge is 2.28. The molecule has 0 unspecified atom stereocenters. The number of hydrogen-bond donors (Lipinski definition) is 1. The van der Waals surface area contributed by atoms with Crippen LogP contribution in [-0.2, 0) is 10.0 Å². The highest BCUT2D eigenvalue weighted by atomic mass is 32.2. The Labute approximate surface area is 160 Å². The molecule has 0 amide bonds. The first-order valence-corrected chi connectivity index (χ1v) is 9.99. The minimum Gasteiger partial charge on any atom is -0.280 e. The summed E-state index contributed by atoms with van der Waals surface area (Å²) < 4.78 is 29.6. The molecule has 0 radical (unpaired) electrons. The maximum absolute atomic E-state index is 12.7. The van der Waals surface area contributed by atoms with Crippen LogP contribution in [0.25, 0.3) is 11.4 Å². The Bertz CT molecular complexity index is 1170. The molecule has 0 spiro atoms. The number of nitro groups is 1. The Morgan fingerprint density at radius 3 is 2.71 bits per heavy atom. The quantitative estimate of drug-likeness (QED) is 0.497. The lowest BCUT2D eigenvalue weighted by atomic mass is 10.2. The van der Waals surface area contributed by atoms with Gasteiger partial charge in [0, 0.05) is 22.9 Å². The number of sulfonamides is 1. The number of rotatable bonds is 6. The number of benzene rings is 2. The number of nitro benzene ring substituents is 1. The lowest BCUT2D eigenvalue weighted by Gasteiger charge is -2.10. The molecule has 144 valence electrons. The van der Waals surface area contributed by atoms with E-state index in [9.17, 15) is 18.5 Å². The minimum absolute atomic E-state index is 0.182. The van der Waals surface area contributed by atoms with Crippen molar-refractivity contribution in [1.29, 1.82) is 0 Å². The maximum atomic E-state index is 12.7. The summed E-state index contributed by atoms with van der Waals surface area (Å²) in [5.74, 6) is 0.564. The third-order valence-electron chi connectivity index (χ3n) is 4.45. The molecule has 1 aliphatic carbocycles. The first-order chi connectivity index (χ1) is 13.3. The number of aryl methyl sites for hydroxylation is 1. The number of nitrogens with one attached hydrogen (secondary N) is 1. The second kappa shape index (κ2) is 6.68. The summed E-state index contributed by atoms with van der Waals surface area (Å²) in [7, 11) is -4.00. The van der Waals surface area contributed by atoms with E-state index in [1.165, 1.54) is 12.1 Å². The van der Waals surface area contributed by atoms with Crippen LogP contribution in [-0.4, -0.2) is 33.5 Å². The molecule has 0 bridgehead atoms. The van der Waals surface area contributed by atoms with Crippen LogP contribution in [0.2, 0.25) is 0 Å². The summed E-state index contributed by atoms with van der Waals surface area (Å²) in [6.07, 6.45) is 2.02. The first-order valence-electron chi connectivity index (χ1n) is 8.51. The van der Waals surface area contributed by atoms with Gasteiger partial charge < -0.3 is 0 Å². The molecular weight excluding hydrogens is 384 g/mol. The summed E-state index contributed by atoms with van der Waals surface area (Å²) in [6, 6.07) is 10.8. The number of nitrogens with zero attached hydrogens (tertiary/aromatic N) is 5. The lowest BCUT2D eigenvalue weighted by Crippen LogP contribution is -2.13. The average molecular weight is 400 g/mol. The fraction of sp³-hybridized carbons (Fsp3) is 0.235. The molecule has 0 atom stereocenters. The summed E-state index contributed by atoms with van der Waals surface area (Å²) in [4.78, 5) is 10.3. The van der Waals surface area contributed by atoms with Gasteiger partial charge in [-0.1, -0.05) is 18.2 Å². The summed E-state index contributed by atoms with van der Waals surface area (Å²) >= 11 is 0. The zero-order valence-corrected chi connectivity index (χ0v) is 15.6. The standard InChI is InChI=1S/C17H16N6O4S/c1-11-5-8-15(10-16(11)23(24)25)28(26,27)19-13-4-2-3-12(9-13)17-18-20-21-22(17)14-6-7-14/h2-5,8-10,14,19H,6-7H2,1H3. The van der Waals surface area contributed by atoms with Crippen molar-refractivity contribution in [3.63, 3.8) is 0 Å². The van der Waals surface area contributed by atoms with E-state index in [2.05, 4.69) is 20.2 Å². The smallest absolute Gasteiger partial charge is 0.273 e. The molecule has 1 saturated carbocycles. The summed E-state index contributed by atoms with van der Waals surface area (Å²) in [6.45, 7) is 1.55. The van der Waals surface area contributed by atoms with Gasteiger partial charge in [-0.3, -0.25) is 14.8 Å². The highest BCUT2D eigenvalue weighted by Crippen LogP contribution is 2.37. The normalized spacial score (nSPS) is 14.0. The SMILES string of the molecule is Cc1ccc(S(=O)(=O)Nc2cccc(-c3nnnn3C3CC3)c2)cc1[N+](=O)[O-]. The number of hydrogen-bond acceptors (Lipinski definition) is 7. The number of tetrazole rings is 1. The van der Waals surface area contributed by atoms with Gasteiger partial charge >= 0.3 is 0 Å². The van der Waals surface area contributed by atoms with Crippen molar-refractivity contribution in [2.24, 2.45) is 0 Å². The van der Waals surface area contributed by atoms with Crippen LogP contribution in [0.5, 0.6) is 0 Å². The van der Waals surface area contributed by atoms with Gasteiger partial charge in [-0.2, -0.15) is 0 Å². The molecule has 1 aliphatic rings. The summed E-state index contributed by atoms with van der Waals surface area (Å²) in [5.41, 5.74) is 1.12. The van der Waals surface area contributed by atoms with Crippen molar-refractivity contribution < 1.29 is 13.3 Å². The van der Waals surface area contributed by atoms with Crippen LogP contribution in [0.3, 0.4) is 0 Å². The van der Waals surface area contributed by atoms with E-state index in [-0.39, 0.29) is 16.6 Å². The fourth-order valence-corrected chi connectivity index (χ4v) is 3.91. The van der Waals surface area contributed by atoms with Crippen molar-refractivity contribution in [2.75, 3.05) is 4.72 Å². The van der Waals surface area contributed by atoms with E-state index >= 15 is 0 Å². The molecule has 4 rings (SSSR count). The maximum Gasteiger partial charge on any atom is 0.273 e. The van der Waals surface area contributed by atoms with E-state index in [1.54, 1.807) is 35.9 Å². The van der Waals surface area contributed by atoms with Crippen molar-refractivity contribution in [3.05, 3.63) is 58.1 Å². The van der Waals surface area contributed by atoms with Crippen LogP contribution in [0.4, 0.5) is 11.4 Å². The Balaban J connectivity index is 1.65. The molecule has 1 fully saturated rings. The Morgan fingerprint density at radius 2 is 2.00 bits per heavy atom. The van der Waals surface area contributed by atoms with Crippen LogP contribution < -0.4 is 4.72 Å². The van der Waals surface area contributed by atoms with E-state index in [0.29, 0.717) is 22.6 Å². The Morgan fingerprint density at radius 1 is 1.21 bits per heavy atom. The van der Waals surface area contributed by atoms with Gasteiger partial charge in [0.2, 0.25) is 0 Å². The molecule has 28 heavy (non-hydrogen) atoms. The van der Waals surface area contributed by atoms with Gasteiger partial charge in [0.05, 0.1) is 15.9 Å². The fourth-order valence-electron chi connectivity index (χ4n) is 2.84. The van der Waals surface area contributed by atoms with E-state index in [0.717, 1.165) is 18.9 Å². The molecule has 1 aromatic heterocycles.